The van der Waals surface area contributed by atoms with Crippen molar-refractivity contribution in [3.8, 4) is 0 Å². The first kappa shape index (κ1) is 13.6. The standard InChI is InChI=1S/C15H26N2O/c1-4-16-9-14-6-8-18-15(14)11-17-7-5-12(2)13(3)10-17/h6,8,12-13,16H,4-5,7,9-11H2,1-3H3. The Labute approximate surface area is 111 Å². The van der Waals surface area contributed by atoms with Crippen molar-refractivity contribution in [1.29, 1.82) is 0 Å². The molecule has 1 aliphatic heterocycles. The number of rotatable bonds is 5. The number of nitrogens with zero attached hydrogens (tertiary/aromatic N) is 1. The minimum atomic E-state index is 0.797. The summed E-state index contributed by atoms with van der Waals surface area (Å²) in [6, 6.07) is 2.09. The molecule has 2 atom stereocenters. The molecule has 3 heteroatoms. The van der Waals surface area contributed by atoms with Crippen molar-refractivity contribution in [3.05, 3.63) is 23.7 Å². The smallest absolute Gasteiger partial charge is 0.122 e. The fourth-order valence-electron chi connectivity index (χ4n) is 2.62. The first-order chi connectivity index (χ1) is 8.70. The van der Waals surface area contributed by atoms with Crippen molar-refractivity contribution in [3.63, 3.8) is 0 Å². The number of furan rings is 1. The molecular weight excluding hydrogens is 224 g/mol. The summed E-state index contributed by atoms with van der Waals surface area (Å²) < 4.78 is 5.64. The lowest BCUT2D eigenvalue weighted by Crippen LogP contribution is -2.38. The van der Waals surface area contributed by atoms with Gasteiger partial charge in [-0.3, -0.25) is 4.90 Å². The molecule has 3 nitrogen and oxygen atoms in total. The average Bonchev–Trinajstić information content (AvgIpc) is 2.79. The first-order valence-corrected chi connectivity index (χ1v) is 7.19. The lowest BCUT2D eigenvalue weighted by molar-refractivity contribution is 0.124. The van der Waals surface area contributed by atoms with E-state index in [1.807, 2.05) is 6.26 Å². The van der Waals surface area contributed by atoms with E-state index in [0.717, 1.165) is 37.2 Å². The highest BCUT2D eigenvalue weighted by molar-refractivity contribution is 5.16. The van der Waals surface area contributed by atoms with Crippen LogP contribution in [-0.4, -0.2) is 24.5 Å². The Kier molecular flexibility index (Phi) is 4.84. The highest BCUT2D eigenvalue weighted by Gasteiger charge is 2.23. The maximum Gasteiger partial charge on any atom is 0.122 e. The van der Waals surface area contributed by atoms with Gasteiger partial charge in [0.25, 0.3) is 0 Å². The molecule has 2 heterocycles. The van der Waals surface area contributed by atoms with Crippen LogP contribution in [0.15, 0.2) is 16.7 Å². The van der Waals surface area contributed by atoms with Gasteiger partial charge in [-0.1, -0.05) is 20.8 Å². The second kappa shape index (κ2) is 6.39. The third kappa shape index (κ3) is 3.36. The molecule has 2 rings (SSSR count). The summed E-state index contributed by atoms with van der Waals surface area (Å²) in [7, 11) is 0. The highest BCUT2D eigenvalue weighted by atomic mass is 16.3. The monoisotopic (exact) mass is 250 g/mol. The van der Waals surface area contributed by atoms with E-state index in [1.54, 1.807) is 0 Å². The molecule has 1 N–H and O–H groups in total. The molecule has 0 aromatic carbocycles. The van der Waals surface area contributed by atoms with Gasteiger partial charge in [-0.25, -0.2) is 0 Å². The van der Waals surface area contributed by atoms with Crippen LogP contribution in [0.1, 0.15) is 38.5 Å². The lowest BCUT2D eigenvalue weighted by atomic mass is 9.88. The van der Waals surface area contributed by atoms with Crippen LogP contribution in [0.3, 0.4) is 0 Å². The summed E-state index contributed by atoms with van der Waals surface area (Å²) in [5.41, 5.74) is 1.31. The van der Waals surface area contributed by atoms with Crippen molar-refractivity contribution in [2.24, 2.45) is 11.8 Å². The van der Waals surface area contributed by atoms with Crippen molar-refractivity contribution in [1.82, 2.24) is 10.2 Å². The van der Waals surface area contributed by atoms with Gasteiger partial charge in [0.2, 0.25) is 0 Å². The lowest BCUT2D eigenvalue weighted by Gasteiger charge is -2.34. The molecule has 0 saturated carbocycles. The SMILES string of the molecule is CCNCc1ccoc1CN1CCC(C)C(C)C1. The maximum atomic E-state index is 5.64. The first-order valence-electron chi connectivity index (χ1n) is 7.19. The molecule has 18 heavy (non-hydrogen) atoms. The number of piperidine rings is 1. The molecule has 102 valence electrons. The van der Waals surface area contributed by atoms with Gasteiger partial charge in [0.05, 0.1) is 12.8 Å². The molecule has 2 unspecified atom stereocenters. The number of likely N-dealkylation sites (tertiary alicyclic amines) is 1. The molecule has 1 aromatic heterocycles. The number of hydrogen-bond acceptors (Lipinski definition) is 3. The normalized spacial score (nSPS) is 25.5. The zero-order valence-electron chi connectivity index (χ0n) is 11.9. The van der Waals surface area contributed by atoms with E-state index >= 15 is 0 Å². The van der Waals surface area contributed by atoms with Crippen molar-refractivity contribution in [2.45, 2.75) is 40.3 Å². The molecule has 1 aromatic rings. The second-order valence-corrected chi connectivity index (χ2v) is 5.63. The van der Waals surface area contributed by atoms with Gasteiger partial charge in [0.15, 0.2) is 0 Å². The molecule has 0 amide bonds. The number of hydrogen-bond donors (Lipinski definition) is 1. The fraction of sp³-hybridized carbons (Fsp3) is 0.733. The highest BCUT2D eigenvalue weighted by Crippen LogP contribution is 2.24. The van der Waals surface area contributed by atoms with E-state index in [9.17, 15) is 0 Å². The van der Waals surface area contributed by atoms with E-state index < -0.39 is 0 Å². The van der Waals surface area contributed by atoms with Crippen molar-refractivity contribution < 1.29 is 4.42 Å². The van der Waals surface area contributed by atoms with Gasteiger partial charge in [0.1, 0.15) is 5.76 Å². The summed E-state index contributed by atoms with van der Waals surface area (Å²) in [5, 5.41) is 3.37. The predicted molar refractivity (Wildman–Crippen MR) is 74.3 cm³/mol. The average molecular weight is 250 g/mol. The molecule has 0 spiro atoms. The third-order valence-corrected chi connectivity index (χ3v) is 4.19. The second-order valence-electron chi connectivity index (χ2n) is 5.63. The summed E-state index contributed by atoms with van der Waals surface area (Å²) in [4.78, 5) is 2.53. The summed E-state index contributed by atoms with van der Waals surface area (Å²) in [6.45, 7) is 12.1. The Balaban J connectivity index is 1.91. The van der Waals surface area contributed by atoms with Crippen LogP contribution in [-0.2, 0) is 13.1 Å². The Hall–Kier alpha value is -0.800. The van der Waals surface area contributed by atoms with Gasteiger partial charge < -0.3 is 9.73 Å². The van der Waals surface area contributed by atoms with Gasteiger partial charge >= 0.3 is 0 Å². The zero-order chi connectivity index (χ0) is 13.0. The predicted octanol–water partition coefficient (Wildman–Crippen LogP) is 2.87. The summed E-state index contributed by atoms with van der Waals surface area (Å²) in [5.74, 6) is 2.79. The van der Waals surface area contributed by atoms with Crippen molar-refractivity contribution in [2.75, 3.05) is 19.6 Å². The zero-order valence-corrected chi connectivity index (χ0v) is 11.9. The molecule has 1 saturated heterocycles. The number of nitrogens with one attached hydrogen (secondary N) is 1. The van der Waals surface area contributed by atoms with E-state index in [-0.39, 0.29) is 0 Å². The molecule has 1 aliphatic rings. The van der Waals surface area contributed by atoms with Gasteiger partial charge in [-0.15, -0.1) is 0 Å². The van der Waals surface area contributed by atoms with Gasteiger partial charge in [-0.2, -0.15) is 0 Å². The van der Waals surface area contributed by atoms with Gasteiger partial charge in [-0.05, 0) is 37.4 Å². The Morgan fingerprint density at radius 3 is 2.94 bits per heavy atom. The van der Waals surface area contributed by atoms with E-state index in [2.05, 4.69) is 37.1 Å². The van der Waals surface area contributed by atoms with Crippen LogP contribution in [0.4, 0.5) is 0 Å². The van der Waals surface area contributed by atoms with Crippen LogP contribution < -0.4 is 5.32 Å². The fourth-order valence-corrected chi connectivity index (χ4v) is 2.62. The van der Waals surface area contributed by atoms with Crippen LogP contribution in [0.25, 0.3) is 0 Å². The molecule has 0 aliphatic carbocycles. The summed E-state index contributed by atoms with van der Waals surface area (Å²) >= 11 is 0. The molecule has 0 radical (unpaired) electrons. The molecule has 0 bridgehead atoms. The largest absolute Gasteiger partial charge is 0.468 e. The van der Waals surface area contributed by atoms with Gasteiger partial charge in [0, 0.05) is 18.7 Å². The van der Waals surface area contributed by atoms with E-state index in [0.29, 0.717) is 0 Å². The van der Waals surface area contributed by atoms with Crippen LogP contribution in [0.2, 0.25) is 0 Å². The van der Waals surface area contributed by atoms with E-state index in [1.165, 1.54) is 25.1 Å². The Morgan fingerprint density at radius 1 is 1.39 bits per heavy atom. The molecular formula is C15H26N2O. The van der Waals surface area contributed by atoms with Crippen molar-refractivity contribution >= 4 is 0 Å². The van der Waals surface area contributed by atoms with Crippen LogP contribution >= 0.6 is 0 Å². The third-order valence-electron chi connectivity index (χ3n) is 4.19. The Bertz CT molecular complexity index is 361. The maximum absolute atomic E-state index is 5.64. The van der Waals surface area contributed by atoms with E-state index in [4.69, 9.17) is 4.42 Å². The minimum Gasteiger partial charge on any atom is -0.468 e. The van der Waals surface area contributed by atoms with Crippen LogP contribution in [0.5, 0.6) is 0 Å². The molecule has 1 fully saturated rings. The van der Waals surface area contributed by atoms with Crippen LogP contribution in [0, 0.1) is 11.8 Å². The topological polar surface area (TPSA) is 28.4 Å². The Morgan fingerprint density at radius 2 is 2.22 bits per heavy atom. The summed E-state index contributed by atoms with van der Waals surface area (Å²) in [6.07, 6.45) is 3.13. The minimum absolute atomic E-state index is 0.797. The quantitative estimate of drug-likeness (QED) is 0.871.